The van der Waals surface area contributed by atoms with Crippen LogP contribution in [0.1, 0.15) is 30.1 Å². The van der Waals surface area contributed by atoms with E-state index in [1.807, 2.05) is 28.8 Å². The highest BCUT2D eigenvalue weighted by molar-refractivity contribution is 6.08. The fourth-order valence-corrected chi connectivity index (χ4v) is 2.56. The van der Waals surface area contributed by atoms with E-state index < -0.39 is 5.97 Å². The van der Waals surface area contributed by atoms with Crippen molar-refractivity contribution in [1.29, 1.82) is 0 Å². The van der Waals surface area contributed by atoms with Crippen molar-refractivity contribution in [2.45, 2.75) is 26.3 Å². The van der Waals surface area contributed by atoms with Gasteiger partial charge in [0.2, 0.25) is 0 Å². The first kappa shape index (κ1) is 14.3. The number of aryl methyl sites for hydroxylation is 1. The molecular formula is C16H18N4O2. The van der Waals surface area contributed by atoms with E-state index in [-0.39, 0.29) is 0 Å². The number of ether oxygens (including phenoxy) is 1. The van der Waals surface area contributed by atoms with Gasteiger partial charge in [-0.25, -0.2) is 14.8 Å². The maximum Gasteiger partial charge on any atom is 0.343 e. The van der Waals surface area contributed by atoms with Gasteiger partial charge in [0.1, 0.15) is 16.9 Å². The molecule has 0 aliphatic carbocycles. The second-order valence-corrected chi connectivity index (χ2v) is 5.14. The van der Waals surface area contributed by atoms with Crippen LogP contribution in [0.5, 0.6) is 0 Å². The summed E-state index contributed by atoms with van der Waals surface area (Å²) in [6, 6.07) is 7.56. The quantitative estimate of drug-likeness (QED) is 0.749. The van der Waals surface area contributed by atoms with Gasteiger partial charge in [-0.2, -0.15) is 0 Å². The highest BCUT2D eigenvalue weighted by Gasteiger charge is 2.24. The Bertz CT molecular complexity index is 854. The number of hydrogen-bond donors (Lipinski definition) is 1. The van der Waals surface area contributed by atoms with Crippen LogP contribution in [0.15, 0.2) is 24.3 Å². The van der Waals surface area contributed by atoms with Gasteiger partial charge in [0.05, 0.1) is 18.1 Å². The van der Waals surface area contributed by atoms with Crippen LogP contribution in [0.25, 0.3) is 22.2 Å². The molecule has 0 atom stereocenters. The van der Waals surface area contributed by atoms with Gasteiger partial charge in [0.25, 0.3) is 0 Å². The second kappa shape index (κ2) is 5.63. The molecule has 3 rings (SSSR count). The van der Waals surface area contributed by atoms with Crippen LogP contribution in [0, 0.1) is 0 Å². The first-order chi connectivity index (χ1) is 10.7. The van der Waals surface area contributed by atoms with Crippen LogP contribution in [0.4, 0.5) is 5.82 Å². The SMILES string of the molecule is CCCCn1c(N)c(C(=O)OC)c2nc3ccccc3nc21. The second-order valence-electron chi connectivity index (χ2n) is 5.14. The number of esters is 1. The molecule has 114 valence electrons. The normalized spacial score (nSPS) is 11.2. The third-order valence-corrected chi connectivity index (χ3v) is 3.72. The Kier molecular flexibility index (Phi) is 3.66. The lowest BCUT2D eigenvalue weighted by molar-refractivity contribution is 0.0604. The zero-order chi connectivity index (χ0) is 15.7. The van der Waals surface area contributed by atoms with Gasteiger partial charge in [-0.15, -0.1) is 0 Å². The molecule has 2 N–H and O–H groups in total. The van der Waals surface area contributed by atoms with E-state index in [2.05, 4.69) is 16.9 Å². The summed E-state index contributed by atoms with van der Waals surface area (Å²) in [7, 11) is 1.34. The number of nitrogen functional groups attached to an aromatic ring is 1. The zero-order valence-electron chi connectivity index (χ0n) is 12.7. The number of aromatic nitrogens is 3. The summed E-state index contributed by atoms with van der Waals surface area (Å²) in [6.07, 6.45) is 1.97. The minimum absolute atomic E-state index is 0.298. The predicted octanol–water partition coefficient (Wildman–Crippen LogP) is 2.75. The Morgan fingerprint density at radius 1 is 1.27 bits per heavy atom. The third-order valence-electron chi connectivity index (χ3n) is 3.72. The summed E-state index contributed by atoms with van der Waals surface area (Å²) < 4.78 is 6.71. The molecule has 6 heteroatoms. The van der Waals surface area contributed by atoms with Crippen molar-refractivity contribution in [1.82, 2.24) is 14.5 Å². The van der Waals surface area contributed by atoms with Crippen molar-refractivity contribution in [3.63, 3.8) is 0 Å². The number of carbonyl (C=O) groups is 1. The minimum atomic E-state index is -0.484. The number of para-hydroxylation sites is 2. The molecule has 0 aliphatic rings. The largest absolute Gasteiger partial charge is 0.465 e. The van der Waals surface area contributed by atoms with Crippen molar-refractivity contribution < 1.29 is 9.53 Å². The molecule has 0 saturated heterocycles. The number of anilines is 1. The molecular weight excluding hydrogens is 280 g/mol. The van der Waals surface area contributed by atoms with Crippen LogP contribution >= 0.6 is 0 Å². The van der Waals surface area contributed by atoms with Crippen molar-refractivity contribution in [3.05, 3.63) is 29.8 Å². The summed E-state index contributed by atoms with van der Waals surface area (Å²) in [6.45, 7) is 2.80. The summed E-state index contributed by atoms with van der Waals surface area (Å²) in [5, 5.41) is 0. The average Bonchev–Trinajstić information content (AvgIpc) is 2.81. The highest BCUT2D eigenvalue weighted by atomic mass is 16.5. The molecule has 1 aromatic carbocycles. The Labute approximate surface area is 127 Å². The Balaban J connectivity index is 2.34. The van der Waals surface area contributed by atoms with E-state index in [0.29, 0.717) is 29.1 Å². The molecule has 0 spiro atoms. The van der Waals surface area contributed by atoms with Crippen LogP contribution < -0.4 is 5.73 Å². The molecule has 0 aliphatic heterocycles. The Hall–Kier alpha value is -2.63. The van der Waals surface area contributed by atoms with E-state index in [1.165, 1.54) is 7.11 Å². The lowest BCUT2D eigenvalue weighted by Crippen LogP contribution is -2.08. The van der Waals surface area contributed by atoms with E-state index in [9.17, 15) is 4.79 Å². The van der Waals surface area contributed by atoms with Gasteiger partial charge in [0.15, 0.2) is 5.65 Å². The Morgan fingerprint density at radius 2 is 1.95 bits per heavy atom. The maximum absolute atomic E-state index is 12.1. The topological polar surface area (TPSA) is 83.0 Å². The van der Waals surface area contributed by atoms with Crippen molar-refractivity contribution in [3.8, 4) is 0 Å². The first-order valence-electron chi connectivity index (χ1n) is 7.30. The molecule has 0 saturated carbocycles. The lowest BCUT2D eigenvalue weighted by atomic mass is 10.2. The van der Waals surface area contributed by atoms with Gasteiger partial charge in [-0.1, -0.05) is 25.5 Å². The van der Waals surface area contributed by atoms with Gasteiger partial charge >= 0.3 is 5.97 Å². The number of rotatable bonds is 4. The van der Waals surface area contributed by atoms with E-state index >= 15 is 0 Å². The number of benzene rings is 1. The van der Waals surface area contributed by atoms with Crippen LogP contribution in [-0.4, -0.2) is 27.6 Å². The van der Waals surface area contributed by atoms with Gasteiger partial charge in [0, 0.05) is 6.54 Å². The number of fused-ring (bicyclic) bond motifs is 2. The number of carbonyl (C=O) groups excluding carboxylic acids is 1. The first-order valence-corrected chi connectivity index (χ1v) is 7.30. The van der Waals surface area contributed by atoms with Crippen LogP contribution in [-0.2, 0) is 11.3 Å². The van der Waals surface area contributed by atoms with Gasteiger partial charge < -0.3 is 15.0 Å². The standard InChI is InChI=1S/C16H18N4O2/c1-3-4-9-20-14(17)12(16(21)22-2)13-15(20)19-11-8-6-5-7-10(11)18-13/h5-8H,3-4,9,17H2,1-2H3. The lowest BCUT2D eigenvalue weighted by Gasteiger charge is -2.06. The highest BCUT2D eigenvalue weighted by Crippen LogP contribution is 2.28. The predicted molar refractivity (Wildman–Crippen MR) is 85.7 cm³/mol. The number of hydrogen-bond acceptors (Lipinski definition) is 5. The van der Waals surface area contributed by atoms with Crippen molar-refractivity contribution >= 4 is 34.0 Å². The molecule has 6 nitrogen and oxygen atoms in total. The molecule has 0 radical (unpaired) electrons. The summed E-state index contributed by atoms with van der Waals surface area (Å²) in [4.78, 5) is 21.3. The zero-order valence-corrected chi connectivity index (χ0v) is 12.7. The van der Waals surface area contributed by atoms with Crippen molar-refractivity contribution in [2.75, 3.05) is 12.8 Å². The van der Waals surface area contributed by atoms with Crippen LogP contribution in [0.3, 0.4) is 0 Å². The fraction of sp³-hybridized carbons (Fsp3) is 0.312. The molecule has 0 amide bonds. The summed E-state index contributed by atoms with van der Waals surface area (Å²) >= 11 is 0. The third kappa shape index (κ3) is 2.16. The molecule has 0 bridgehead atoms. The van der Waals surface area contributed by atoms with E-state index in [0.717, 1.165) is 23.9 Å². The summed E-state index contributed by atoms with van der Waals surface area (Å²) in [5.74, 6) is -0.118. The number of unbranched alkanes of at least 4 members (excludes halogenated alkanes) is 1. The smallest absolute Gasteiger partial charge is 0.343 e. The number of methoxy groups -OCH3 is 1. The monoisotopic (exact) mass is 298 g/mol. The molecule has 22 heavy (non-hydrogen) atoms. The Morgan fingerprint density at radius 3 is 2.59 bits per heavy atom. The van der Waals surface area contributed by atoms with E-state index in [1.54, 1.807) is 0 Å². The fourth-order valence-electron chi connectivity index (χ4n) is 2.56. The number of nitrogens with zero attached hydrogens (tertiary/aromatic N) is 3. The van der Waals surface area contributed by atoms with Gasteiger partial charge in [-0.3, -0.25) is 0 Å². The van der Waals surface area contributed by atoms with E-state index in [4.69, 9.17) is 10.5 Å². The van der Waals surface area contributed by atoms with Crippen LogP contribution in [0.2, 0.25) is 0 Å². The number of nitrogens with two attached hydrogens (primary N) is 1. The average molecular weight is 298 g/mol. The van der Waals surface area contributed by atoms with Gasteiger partial charge in [-0.05, 0) is 18.6 Å². The molecule has 0 unspecified atom stereocenters. The molecule has 3 aromatic rings. The summed E-state index contributed by atoms with van der Waals surface area (Å²) in [5.41, 5.74) is 9.11. The molecule has 0 fully saturated rings. The minimum Gasteiger partial charge on any atom is -0.465 e. The maximum atomic E-state index is 12.1. The molecule has 2 heterocycles. The molecule has 2 aromatic heterocycles. The van der Waals surface area contributed by atoms with Crippen molar-refractivity contribution in [2.24, 2.45) is 0 Å².